The van der Waals surface area contributed by atoms with Gasteiger partial charge < -0.3 is 5.11 Å². The van der Waals surface area contributed by atoms with Crippen molar-refractivity contribution in [1.82, 2.24) is 0 Å². The van der Waals surface area contributed by atoms with Crippen LogP contribution < -0.4 is 0 Å². The molecule has 1 unspecified atom stereocenters. The Bertz CT molecular complexity index is 371. The normalized spacial score (nSPS) is 12.0. The minimum Gasteiger partial charge on any atom is -0.395 e. The minimum atomic E-state index is -1.08. The van der Waals surface area contributed by atoms with Gasteiger partial charge in [0.05, 0.1) is 18.2 Å². The fourth-order valence-electron chi connectivity index (χ4n) is 1.10. The number of hydrogen-bond acceptors (Lipinski definition) is 3. The maximum atomic E-state index is 11.3. The SMILES string of the molecule is N#Cc1ccccc1CS(=O)CCO. The number of aliphatic hydroxyl groups excluding tert-OH is 1. The predicted molar refractivity (Wildman–Crippen MR) is 55.0 cm³/mol. The van der Waals surface area contributed by atoms with Crippen LogP contribution in [0.25, 0.3) is 0 Å². The maximum Gasteiger partial charge on any atom is 0.0994 e. The quantitative estimate of drug-likeness (QED) is 0.797. The van der Waals surface area contributed by atoms with E-state index in [1.165, 1.54) is 0 Å². The molecule has 1 N–H and O–H groups in total. The molecule has 1 aromatic carbocycles. The summed E-state index contributed by atoms with van der Waals surface area (Å²) >= 11 is 0. The molecular weight excluding hydrogens is 198 g/mol. The van der Waals surface area contributed by atoms with Crippen molar-refractivity contribution < 1.29 is 9.32 Å². The predicted octanol–water partition coefficient (Wildman–Crippen LogP) is 0.799. The van der Waals surface area contributed by atoms with Crippen LogP contribution in [0.1, 0.15) is 11.1 Å². The topological polar surface area (TPSA) is 61.1 Å². The molecule has 14 heavy (non-hydrogen) atoms. The van der Waals surface area contributed by atoms with Crippen LogP contribution in [-0.2, 0) is 16.6 Å². The van der Waals surface area contributed by atoms with Gasteiger partial charge in [-0.05, 0) is 11.6 Å². The van der Waals surface area contributed by atoms with Crippen LogP contribution in [0.4, 0.5) is 0 Å². The van der Waals surface area contributed by atoms with E-state index in [4.69, 9.17) is 10.4 Å². The molecule has 74 valence electrons. The summed E-state index contributed by atoms with van der Waals surface area (Å²) in [6, 6.07) is 9.12. The van der Waals surface area contributed by atoms with E-state index in [9.17, 15) is 4.21 Å². The molecular formula is C10H11NO2S. The summed E-state index contributed by atoms with van der Waals surface area (Å²) in [7, 11) is -1.08. The molecule has 1 atom stereocenters. The molecule has 0 radical (unpaired) electrons. The molecule has 0 fully saturated rings. The zero-order chi connectivity index (χ0) is 10.4. The van der Waals surface area contributed by atoms with Crippen molar-refractivity contribution in [1.29, 1.82) is 5.26 Å². The van der Waals surface area contributed by atoms with Crippen LogP contribution in [0.15, 0.2) is 24.3 Å². The van der Waals surface area contributed by atoms with E-state index < -0.39 is 10.8 Å². The summed E-state index contributed by atoms with van der Waals surface area (Å²) < 4.78 is 11.3. The Hall–Kier alpha value is -1.18. The molecule has 0 heterocycles. The Balaban J connectivity index is 2.77. The molecule has 4 heteroatoms. The second-order valence-corrected chi connectivity index (χ2v) is 4.36. The molecule has 0 aromatic heterocycles. The van der Waals surface area contributed by atoms with Crippen LogP contribution >= 0.6 is 0 Å². The van der Waals surface area contributed by atoms with E-state index in [-0.39, 0.29) is 12.4 Å². The van der Waals surface area contributed by atoms with Crippen molar-refractivity contribution in [3.05, 3.63) is 35.4 Å². The Labute approximate surface area is 85.5 Å². The van der Waals surface area contributed by atoms with Crippen molar-refractivity contribution in [3.8, 4) is 6.07 Å². The first kappa shape index (κ1) is 10.9. The molecule has 0 saturated heterocycles. The van der Waals surface area contributed by atoms with Crippen molar-refractivity contribution in [2.75, 3.05) is 12.4 Å². The first-order chi connectivity index (χ1) is 6.77. The molecule has 0 spiro atoms. The lowest BCUT2D eigenvalue weighted by molar-refractivity contribution is 0.321. The summed E-state index contributed by atoms with van der Waals surface area (Å²) in [6.45, 7) is -0.0820. The van der Waals surface area contributed by atoms with Gasteiger partial charge in [0.25, 0.3) is 0 Å². The highest BCUT2D eigenvalue weighted by atomic mass is 32.2. The average Bonchev–Trinajstić information content (AvgIpc) is 2.19. The van der Waals surface area contributed by atoms with Gasteiger partial charge in [0.1, 0.15) is 0 Å². The Kier molecular flexibility index (Phi) is 4.30. The third kappa shape index (κ3) is 2.95. The summed E-state index contributed by atoms with van der Waals surface area (Å²) in [5.41, 5.74) is 1.33. The van der Waals surface area contributed by atoms with Crippen LogP contribution in [0.2, 0.25) is 0 Å². The summed E-state index contributed by atoms with van der Waals surface area (Å²) in [5.74, 6) is 0.601. The molecule has 0 aliphatic rings. The minimum absolute atomic E-state index is 0.0820. The fraction of sp³-hybridized carbons (Fsp3) is 0.300. The first-order valence-electron chi connectivity index (χ1n) is 4.21. The van der Waals surface area contributed by atoms with Crippen molar-refractivity contribution in [2.24, 2.45) is 0 Å². The number of nitrogens with zero attached hydrogens (tertiary/aromatic N) is 1. The Morgan fingerprint density at radius 1 is 1.43 bits per heavy atom. The third-order valence-corrected chi connectivity index (χ3v) is 3.04. The lowest BCUT2D eigenvalue weighted by Crippen LogP contribution is -2.05. The number of benzene rings is 1. The van der Waals surface area contributed by atoms with E-state index >= 15 is 0 Å². The number of aliphatic hydroxyl groups is 1. The summed E-state index contributed by atoms with van der Waals surface area (Å²) in [5, 5.41) is 17.3. The van der Waals surface area contributed by atoms with Gasteiger partial charge in [-0.1, -0.05) is 18.2 Å². The van der Waals surface area contributed by atoms with E-state index in [1.807, 2.05) is 12.1 Å². The Morgan fingerprint density at radius 3 is 2.79 bits per heavy atom. The van der Waals surface area contributed by atoms with Gasteiger partial charge in [0.15, 0.2) is 0 Å². The number of nitriles is 1. The zero-order valence-corrected chi connectivity index (χ0v) is 8.46. The van der Waals surface area contributed by atoms with E-state index in [0.717, 1.165) is 5.56 Å². The average molecular weight is 209 g/mol. The maximum absolute atomic E-state index is 11.3. The molecule has 1 rings (SSSR count). The summed E-state index contributed by atoms with van der Waals surface area (Å²) in [6.07, 6.45) is 0. The van der Waals surface area contributed by atoms with Crippen molar-refractivity contribution in [3.63, 3.8) is 0 Å². The molecule has 0 amide bonds. The number of rotatable bonds is 4. The standard InChI is InChI=1S/C10H11NO2S/c11-7-9-3-1-2-4-10(9)8-14(13)6-5-12/h1-4,12H,5-6,8H2. The van der Waals surface area contributed by atoms with Gasteiger partial charge in [-0.15, -0.1) is 0 Å². The van der Waals surface area contributed by atoms with Gasteiger partial charge in [0, 0.05) is 22.3 Å². The monoisotopic (exact) mass is 209 g/mol. The second-order valence-electron chi connectivity index (χ2n) is 2.78. The number of hydrogen-bond donors (Lipinski definition) is 1. The molecule has 0 saturated carbocycles. The van der Waals surface area contributed by atoms with Gasteiger partial charge in [-0.25, -0.2) is 0 Å². The molecule has 1 aromatic rings. The van der Waals surface area contributed by atoms with E-state index in [1.54, 1.807) is 18.2 Å². The smallest absolute Gasteiger partial charge is 0.0994 e. The molecule has 0 aliphatic heterocycles. The second kappa shape index (κ2) is 5.53. The van der Waals surface area contributed by atoms with Gasteiger partial charge in [0.2, 0.25) is 0 Å². The lowest BCUT2D eigenvalue weighted by atomic mass is 10.1. The van der Waals surface area contributed by atoms with Gasteiger partial charge >= 0.3 is 0 Å². The first-order valence-corrected chi connectivity index (χ1v) is 5.70. The van der Waals surface area contributed by atoms with Crippen LogP contribution in [-0.4, -0.2) is 21.7 Å². The van der Waals surface area contributed by atoms with Gasteiger partial charge in [-0.3, -0.25) is 4.21 Å². The van der Waals surface area contributed by atoms with Crippen molar-refractivity contribution >= 4 is 10.8 Å². The highest BCUT2D eigenvalue weighted by Crippen LogP contribution is 2.09. The molecule has 0 bridgehead atoms. The van der Waals surface area contributed by atoms with Crippen LogP contribution in [0, 0.1) is 11.3 Å². The van der Waals surface area contributed by atoms with Crippen LogP contribution in [0.5, 0.6) is 0 Å². The lowest BCUT2D eigenvalue weighted by Gasteiger charge is -2.02. The van der Waals surface area contributed by atoms with Crippen molar-refractivity contribution in [2.45, 2.75) is 5.75 Å². The highest BCUT2D eigenvalue weighted by molar-refractivity contribution is 7.84. The Morgan fingerprint density at radius 2 is 2.14 bits per heavy atom. The summed E-state index contributed by atoms with van der Waals surface area (Å²) in [4.78, 5) is 0. The van der Waals surface area contributed by atoms with Gasteiger partial charge in [-0.2, -0.15) is 5.26 Å². The largest absolute Gasteiger partial charge is 0.395 e. The molecule has 3 nitrogen and oxygen atoms in total. The molecule has 0 aliphatic carbocycles. The van der Waals surface area contributed by atoms with E-state index in [2.05, 4.69) is 0 Å². The zero-order valence-electron chi connectivity index (χ0n) is 7.64. The highest BCUT2D eigenvalue weighted by Gasteiger charge is 2.05. The van der Waals surface area contributed by atoms with E-state index in [0.29, 0.717) is 11.3 Å². The third-order valence-electron chi connectivity index (χ3n) is 1.77. The van der Waals surface area contributed by atoms with Crippen LogP contribution in [0.3, 0.4) is 0 Å². The fourth-order valence-corrected chi connectivity index (χ4v) is 2.05.